The predicted octanol–water partition coefficient (Wildman–Crippen LogP) is 3.58. The number of nitrogens with one attached hydrogen (secondary N) is 1. The third kappa shape index (κ3) is 2.92. The molecule has 1 aromatic heterocycles. The van der Waals surface area contributed by atoms with Crippen LogP contribution in [0.3, 0.4) is 0 Å². The second-order valence-corrected chi connectivity index (χ2v) is 4.84. The fraction of sp³-hybridized carbons (Fsp3) is 0.357. The molecule has 3 nitrogen and oxygen atoms in total. The van der Waals surface area contributed by atoms with Gasteiger partial charge in [0.1, 0.15) is 0 Å². The first-order chi connectivity index (χ1) is 8.72. The molecule has 2 rings (SSSR count). The number of nitrogens with zero attached hydrogens (tertiary/aromatic N) is 1. The van der Waals surface area contributed by atoms with Gasteiger partial charge >= 0.3 is 0 Å². The molecule has 0 saturated carbocycles. The Morgan fingerprint density at radius 2 is 2.22 bits per heavy atom. The van der Waals surface area contributed by atoms with Crippen LogP contribution < -0.4 is 5.32 Å². The summed E-state index contributed by atoms with van der Waals surface area (Å²) >= 11 is 6.15. The van der Waals surface area contributed by atoms with Crippen LogP contribution in [0.25, 0.3) is 10.9 Å². The maximum atomic E-state index is 6.15. The minimum Gasteiger partial charge on any atom is -0.384 e. The van der Waals surface area contributed by atoms with E-state index < -0.39 is 0 Å². The Morgan fingerprint density at radius 1 is 1.39 bits per heavy atom. The van der Waals surface area contributed by atoms with Gasteiger partial charge in [-0.2, -0.15) is 0 Å². The molecule has 1 N–H and O–H groups in total. The Morgan fingerprint density at radius 3 is 3.00 bits per heavy atom. The van der Waals surface area contributed by atoms with Gasteiger partial charge in [0.15, 0.2) is 0 Å². The summed E-state index contributed by atoms with van der Waals surface area (Å²) in [6, 6.07) is 7.74. The molecule has 0 saturated heterocycles. The van der Waals surface area contributed by atoms with E-state index >= 15 is 0 Å². The minimum atomic E-state index is 0.449. The number of hydrogen-bond donors (Lipinski definition) is 1. The molecule has 1 atom stereocenters. The summed E-state index contributed by atoms with van der Waals surface area (Å²) in [4.78, 5) is 4.39. The molecule has 1 unspecified atom stereocenters. The van der Waals surface area contributed by atoms with Gasteiger partial charge in [0.05, 0.1) is 22.8 Å². The molecule has 0 aliphatic carbocycles. The van der Waals surface area contributed by atoms with Crippen molar-refractivity contribution in [3.05, 3.63) is 35.5 Å². The van der Waals surface area contributed by atoms with E-state index in [2.05, 4.69) is 17.2 Å². The number of anilines is 1. The smallest absolute Gasteiger partial charge is 0.0948 e. The summed E-state index contributed by atoms with van der Waals surface area (Å²) in [7, 11) is 1.72. The number of pyridine rings is 1. The highest BCUT2D eigenvalue weighted by atomic mass is 35.5. The molecule has 1 heterocycles. The van der Waals surface area contributed by atoms with E-state index in [-0.39, 0.29) is 0 Å². The van der Waals surface area contributed by atoms with Crippen LogP contribution in [0.15, 0.2) is 30.5 Å². The number of benzene rings is 1. The quantitative estimate of drug-likeness (QED) is 0.896. The van der Waals surface area contributed by atoms with Gasteiger partial charge < -0.3 is 10.1 Å². The molecule has 0 amide bonds. The first-order valence-electron chi connectivity index (χ1n) is 5.98. The molecule has 0 aliphatic heterocycles. The Balaban J connectivity index is 2.21. The Hall–Kier alpha value is -1.32. The second-order valence-electron chi connectivity index (χ2n) is 4.44. The number of halogens is 1. The molecule has 2 aromatic rings. The number of ether oxygens (including phenoxy) is 1. The summed E-state index contributed by atoms with van der Waals surface area (Å²) in [5.74, 6) is 0.449. The monoisotopic (exact) mass is 264 g/mol. The van der Waals surface area contributed by atoms with Gasteiger partial charge in [-0.1, -0.05) is 18.5 Å². The number of hydrogen-bond acceptors (Lipinski definition) is 3. The van der Waals surface area contributed by atoms with Crippen LogP contribution in [-0.4, -0.2) is 25.2 Å². The third-order valence-corrected chi connectivity index (χ3v) is 3.14. The van der Waals surface area contributed by atoms with Crippen molar-refractivity contribution in [2.75, 3.05) is 25.6 Å². The Kier molecular flexibility index (Phi) is 4.39. The molecule has 1 aromatic carbocycles. The van der Waals surface area contributed by atoms with Crippen molar-refractivity contribution in [3.63, 3.8) is 0 Å². The van der Waals surface area contributed by atoms with E-state index in [4.69, 9.17) is 16.3 Å². The summed E-state index contributed by atoms with van der Waals surface area (Å²) in [5.41, 5.74) is 1.92. The van der Waals surface area contributed by atoms with Crippen LogP contribution in [0.2, 0.25) is 5.02 Å². The van der Waals surface area contributed by atoms with E-state index in [1.54, 1.807) is 13.3 Å². The van der Waals surface area contributed by atoms with Gasteiger partial charge in [-0.15, -0.1) is 0 Å². The van der Waals surface area contributed by atoms with E-state index in [1.807, 2.05) is 24.3 Å². The van der Waals surface area contributed by atoms with Gasteiger partial charge in [0, 0.05) is 25.2 Å². The van der Waals surface area contributed by atoms with Crippen molar-refractivity contribution in [1.29, 1.82) is 0 Å². The highest BCUT2D eigenvalue weighted by Crippen LogP contribution is 2.27. The molecular weight excluding hydrogens is 248 g/mol. The van der Waals surface area contributed by atoms with Gasteiger partial charge in [-0.25, -0.2) is 0 Å². The lowest BCUT2D eigenvalue weighted by Gasteiger charge is -2.14. The van der Waals surface area contributed by atoms with E-state index in [0.717, 1.165) is 34.8 Å². The standard InChI is InChI=1S/C14H17ClN2O/c1-10(9-18-2)8-17-13-6-5-12(15)11-4-3-7-16-14(11)13/h3-7,10,17H,8-9H2,1-2H3. The topological polar surface area (TPSA) is 34.1 Å². The zero-order chi connectivity index (χ0) is 13.0. The first kappa shape index (κ1) is 13.1. The molecule has 0 spiro atoms. The fourth-order valence-electron chi connectivity index (χ4n) is 1.91. The van der Waals surface area contributed by atoms with E-state index in [0.29, 0.717) is 5.92 Å². The molecule has 96 valence electrons. The maximum absolute atomic E-state index is 6.15. The average Bonchev–Trinajstić information content (AvgIpc) is 2.39. The molecule has 0 fully saturated rings. The van der Waals surface area contributed by atoms with Crippen molar-refractivity contribution in [2.24, 2.45) is 5.92 Å². The molecule has 0 radical (unpaired) electrons. The summed E-state index contributed by atoms with van der Waals surface area (Å²) in [6.07, 6.45) is 1.78. The highest BCUT2D eigenvalue weighted by molar-refractivity contribution is 6.35. The molecule has 0 bridgehead atoms. The predicted molar refractivity (Wildman–Crippen MR) is 76.3 cm³/mol. The molecule has 0 aliphatic rings. The van der Waals surface area contributed by atoms with Crippen molar-refractivity contribution < 1.29 is 4.74 Å². The number of methoxy groups -OCH3 is 1. The first-order valence-corrected chi connectivity index (χ1v) is 6.36. The zero-order valence-electron chi connectivity index (χ0n) is 10.6. The normalized spacial score (nSPS) is 12.6. The van der Waals surface area contributed by atoms with Crippen LogP contribution >= 0.6 is 11.6 Å². The summed E-state index contributed by atoms with van der Waals surface area (Å²) in [6.45, 7) is 3.73. The second kappa shape index (κ2) is 6.03. The Labute approximate surface area is 112 Å². The fourth-order valence-corrected chi connectivity index (χ4v) is 2.12. The number of fused-ring (bicyclic) bond motifs is 1. The average molecular weight is 265 g/mol. The molecule has 18 heavy (non-hydrogen) atoms. The van der Waals surface area contributed by atoms with E-state index in [9.17, 15) is 0 Å². The van der Waals surface area contributed by atoms with Crippen LogP contribution in [0.4, 0.5) is 5.69 Å². The summed E-state index contributed by atoms with van der Waals surface area (Å²) in [5, 5.41) is 5.10. The van der Waals surface area contributed by atoms with Gasteiger partial charge in [-0.3, -0.25) is 4.98 Å². The molecular formula is C14H17ClN2O. The highest BCUT2D eigenvalue weighted by Gasteiger charge is 2.07. The largest absolute Gasteiger partial charge is 0.384 e. The van der Waals surface area contributed by atoms with Gasteiger partial charge in [0.2, 0.25) is 0 Å². The van der Waals surface area contributed by atoms with Crippen LogP contribution in [0, 0.1) is 5.92 Å². The van der Waals surface area contributed by atoms with Crippen LogP contribution in [0.1, 0.15) is 6.92 Å². The van der Waals surface area contributed by atoms with Crippen LogP contribution in [-0.2, 0) is 4.74 Å². The lowest BCUT2D eigenvalue weighted by atomic mass is 10.1. The van der Waals surface area contributed by atoms with Crippen molar-refractivity contribution >= 4 is 28.2 Å². The van der Waals surface area contributed by atoms with Crippen LogP contribution in [0.5, 0.6) is 0 Å². The third-order valence-electron chi connectivity index (χ3n) is 2.81. The van der Waals surface area contributed by atoms with Gasteiger partial charge in [0.25, 0.3) is 0 Å². The van der Waals surface area contributed by atoms with Crippen molar-refractivity contribution in [3.8, 4) is 0 Å². The van der Waals surface area contributed by atoms with Crippen molar-refractivity contribution in [1.82, 2.24) is 4.98 Å². The number of aromatic nitrogens is 1. The summed E-state index contributed by atoms with van der Waals surface area (Å²) < 4.78 is 5.12. The lowest BCUT2D eigenvalue weighted by Crippen LogP contribution is -2.16. The SMILES string of the molecule is COCC(C)CNc1ccc(Cl)c2cccnc12. The Bertz CT molecular complexity index is 530. The van der Waals surface area contributed by atoms with E-state index in [1.165, 1.54) is 0 Å². The zero-order valence-corrected chi connectivity index (χ0v) is 11.4. The molecule has 4 heteroatoms. The maximum Gasteiger partial charge on any atom is 0.0948 e. The number of rotatable bonds is 5. The lowest BCUT2D eigenvalue weighted by molar-refractivity contribution is 0.164. The van der Waals surface area contributed by atoms with Gasteiger partial charge in [-0.05, 0) is 30.2 Å². The van der Waals surface area contributed by atoms with Crippen molar-refractivity contribution in [2.45, 2.75) is 6.92 Å². The minimum absolute atomic E-state index is 0.449.